The molecule has 0 radical (unpaired) electrons. The number of halogens is 1. The predicted octanol–water partition coefficient (Wildman–Crippen LogP) is 1.78. The van der Waals surface area contributed by atoms with Crippen LogP contribution in [0.15, 0.2) is 46.1 Å². The van der Waals surface area contributed by atoms with Gasteiger partial charge in [-0.2, -0.15) is 0 Å². The van der Waals surface area contributed by atoms with Crippen LogP contribution in [0, 0.1) is 0 Å². The van der Waals surface area contributed by atoms with E-state index in [1.54, 1.807) is 18.2 Å². The number of carbonyl (C=O) groups excluding carboxylic acids is 1. The summed E-state index contributed by atoms with van der Waals surface area (Å²) < 4.78 is 0.674. The molecule has 0 fully saturated rings. The molecule has 0 spiro atoms. The molecule has 17 heavy (non-hydrogen) atoms. The fourth-order valence-electron chi connectivity index (χ4n) is 1.25. The highest BCUT2D eigenvalue weighted by atomic mass is 79.9. The molecule has 0 aliphatic heterocycles. The van der Waals surface area contributed by atoms with Crippen LogP contribution in [-0.2, 0) is 0 Å². The Morgan fingerprint density at radius 2 is 2.18 bits per heavy atom. The molecule has 5 nitrogen and oxygen atoms in total. The summed E-state index contributed by atoms with van der Waals surface area (Å²) in [5, 5.41) is 2.58. The maximum absolute atomic E-state index is 11.7. The zero-order valence-electron chi connectivity index (χ0n) is 8.61. The first-order chi connectivity index (χ1) is 8.16. The van der Waals surface area contributed by atoms with E-state index in [0.717, 1.165) is 0 Å². The van der Waals surface area contributed by atoms with Gasteiger partial charge in [0.05, 0.1) is 11.9 Å². The normalized spacial score (nSPS) is 9.94. The zero-order valence-corrected chi connectivity index (χ0v) is 10.2. The highest BCUT2D eigenvalue weighted by Gasteiger charge is 2.09. The van der Waals surface area contributed by atoms with Gasteiger partial charge in [-0.15, -0.1) is 0 Å². The number of hydrogen-bond donors (Lipinski definition) is 2. The summed E-state index contributed by atoms with van der Waals surface area (Å²) in [6.07, 6.45) is 2.97. The van der Waals surface area contributed by atoms with Crippen LogP contribution in [0.2, 0.25) is 0 Å². The van der Waals surface area contributed by atoms with E-state index in [9.17, 15) is 9.59 Å². The van der Waals surface area contributed by atoms with Crippen molar-refractivity contribution >= 4 is 27.5 Å². The highest BCUT2D eigenvalue weighted by molar-refractivity contribution is 9.10. The molecule has 0 aliphatic rings. The van der Waals surface area contributed by atoms with Crippen LogP contribution in [-0.4, -0.2) is 15.9 Å². The van der Waals surface area contributed by atoms with Gasteiger partial charge in [0.2, 0.25) is 0 Å². The molecule has 6 heteroatoms. The van der Waals surface area contributed by atoms with Crippen molar-refractivity contribution in [3.63, 3.8) is 0 Å². The van der Waals surface area contributed by atoms with Crippen LogP contribution in [0.1, 0.15) is 10.4 Å². The molecule has 2 heterocycles. The Kier molecular flexibility index (Phi) is 3.34. The second kappa shape index (κ2) is 4.92. The van der Waals surface area contributed by atoms with Crippen LogP contribution >= 0.6 is 15.9 Å². The molecular formula is C11H8BrN3O2. The molecule has 1 amide bonds. The number of nitrogens with one attached hydrogen (secondary N) is 2. The van der Waals surface area contributed by atoms with E-state index in [1.807, 2.05) is 0 Å². The number of aromatic nitrogens is 2. The van der Waals surface area contributed by atoms with E-state index in [1.165, 1.54) is 18.5 Å². The third-order valence-electron chi connectivity index (χ3n) is 2.05. The lowest BCUT2D eigenvalue weighted by Gasteiger charge is -2.03. The number of rotatable bonds is 2. The largest absolute Gasteiger partial charge is 0.328 e. The number of pyridine rings is 2. The molecule has 2 aromatic rings. The van der Waals surface area contributed by atoms with E-state index >= 15 is 0 Å². The standard InChI is InChI=1S/C11H8BrN3O2/c12-9-4-3-7(6-14-9)15-11(17)8-2-1-5-13-10(8)16/h1-6H,(H,13,16)(H,15,17). The fraction of sp³-hybridized carbons (Fsp3) is 0. The molecule has 2 rings (SSSR count). The summed E-state index contributed by atoms with van der Waals surface area (Å²) in [7, 11) is 0. The van der Waals surface area contributed by atoms with Crippen LogP contribution in [0.25, 0.3) is 0 Å². The minimum Gasteiger partial charge on any atom is -0.328 e. The van der Waals surface area contributed by atoms with Crippen molar-refractivity contribution in [1.29, 1.82) is 0 Å². The topological polar surface area (TPSA) is 74.8 Å². The van der Waals surface area contributed by atoms with Gasteiger partial charge in [0.1, 0.15) is 10.2 Å². The number of nitrogens with zero attached hydrogens (tertiary/aromatic N) is 1. The van der Waals surface area contributed by atoms with Gasteiger partial charge in [-0.25, -0.2) is 4.98 Å². The maximum atomic E-state index is 11.7. The quantitative estimate of drug-likeness (QED) is 0.829. The van der Waals surface area contributed by atoms with Gasteiger partial charge in [-0.3, -0.25) is 9.59 Å². The third kappa shape index (κ3) is 2.79. The number of hydrogen-bond acceptors (Lipinski definition) is 3. The Labute approximate surface area is 105 Å². The van der Waals surface area contributed by atoms with E-state index in [-0.39, 0.29) is 5.56 Å². The second-order valence-electron chi connectivity index (χ2n) is 3.24. The lowest BCUT2D eigenvalue weighted by atomic mass is 10.2. The van der Waals surface area contributed by atoms with E-state index < -0.39 is 11.5 Å². The average molecular weight is 294 g/mol. The summed E-state index contributed by atoms with van der Waals surface area (Å²) in [5.74, 6) is -0.462. The van der Waals surface area contributed by atoms with Gasteiger partial charge < -0.3 is 10.3 Å². The Bertz CT molecular complexity index is 592. The van der Waals surface area contributed by atoms with Gasteiger partial charge in [-0.1, -0.05) is 0 Å². The van der Waals surface area contributed by atoms with Crippen molar-refractivity contribution in [2.75, 3.05) is 5.32 Å². The van der Waals surface area contributed by atoms with Crippen molar-refractivity contribution in [3.05, 3.63) is 57.2 Å². The summed E-state index contributed by atoms with van der Waals surface area (Å²) in [6, 6.07) is 6.44. The molecule has 0 atom stereocenters. The molecule has 86 valence electrons. The molecule has 0 bridgehead atoms. The van der Waals surface area contributed by atoms with Gasteiger partial charge in [0, 0.05) is 6.20 Å². The van der Waals surface area contributed by atoms with Crippen molar-refractivity contribution in [2.24, 2.45) is 0 Å². The van der Waals surface area contributed by atoms with E-state index in [4.69, 9.17) is 0 Å². The van der Waals surface area contributed by atoms with Gasteiger partial charge >= 0.3 is 0 Å². The third-order valence-corrected chi connectivity index (χ3v) is 2.52. The predicted molar refractivity (Wildman–Crippen MR) is 67.0 cm³/mol. The summed E-state index contributed by atoms with van der Waals surface area (Å²) in [6.45, 7) is 0. The van der Waals surface area contributed by atoms with Crippen LogP contribution in [0.3, 0.4) is 0 Å². The second-order valence-corrected chi connectivity index (χ2v) is 4.05. The summed E-state index contributed by atoms with van der Waals surface area (Å²) in [5.41, 5.74) is 0.173. The van der Waals surface area contributed by atoms with Crippen molar-refractivity contribution in [2.45, 2.75) is 0 Å². The van der Waals surface area contributed by atoms with Crippen LogP contribution in [0.4, 0.5) is 5.69 Å². The Balaban J connectivity index is 2.20. The van der Waals surface area contributed by atoms with E-state index in [2.05, 4.69) is 31.2 Å². The van der Waals surface area contributed by atoms with Crippen molar-refractivity contribution in [3.8, 4) is 0 Å². The van der Waals surface area contributed by atoms with Crippen LogP contribution in [0.5, 0.6) is 0 Å². The summed E-state index contributed by atoms with van der Waals surface area (Å²) in [4.78, 5) is 29.5. The van der Waals surface area contributed by atoms with Crippen LogP contribution < -0.4 is 10.9 Å². The smallest absolute Gasteiger partial charge is 0.261 e. The first kappa shape index (κ1) is 11.5. The van der Waals surface area contributed by atoms with E-state index in [0.29, 0.717) is 10.3 Å². The first-order valence-corrected chi connectivity index (χ1v) is 5.57. The Hall–Kier alpha value is -1.95. The molecule has 2 N–H and O–H groups in total. The number of anilines is 1. The number of aromatic amines is 1. The van der Waals surface area contributed by atoms with Gasteiger partial charge in [0.15, 0.2) is 0 Å². The van der Waals surface area contributed by atoms with Gasteiger partial charge in [0.25, 0.3) is 11.5 Å². The lowest BCUT2D eigenvalue weighted by molar-refractivity contribution is 0.102. The number of carbonyl (C=O) groups is 1. The summed E-state index contributed by atoms with van der Waals surface area (Å²) >= 11 is 3.19. The molecule has 0 unspecified atom stereocenters. The SMILES string of the molecule is O=C(Nc1ccc(Br)nc1)c1ccc[nH]c1=O. The molecule has 0 saturated carbocycles. The minimum atomic E-state index is -0.462. The number of amides is 1. The van der Waals surface area contributed by atoms with Gasteiger partial charge in [-0.05, 0) is 40.2 Å². The highest BCUT2D eigenvalue weighted by Crippen LogP contribution is 2.10. The number of H-pyrrole nitrogens is 1. The molecular weight excluding hydrogens is 286 g/mol. The average Bonchev–Trinajstić information content (AvgIpc) is 2.32. The zero-order chi connectivity index (χ0) is 12.3. The molecule has 0 aromatic carbocycles. The monoisotopic (exact) mass is 293 g/mol. The molecule has 0 saturated heterocycles. The minimum absolute atomic E-state index is 0.0652. The van der Waals surface area contributed by atoms with Crippen molar-refractivity contribution in [1.82, 2.24) is 9.97 Å². The molecule has 0 aliphatic carbocycles. The first-order valence-electron chi connectivity index (χ1n) is 4.77. The maximum Gasteiger partial charge on any atom is 0.261 e. The Morgan fingerprint density at radius 3 is 2.82 bits per heavy atom. The fourth-order valence-corrected chi connectivity index (χ4v) is 1.48. The lowest BCUT2D eigenvalue weighted by Crippen LogP contribution is -2.22. The Morgan fingerprint density at radius 1 is 1.35 bits per heavy atom. The van der Waals surface area contributed by atoms with Crippen molar-refractivity contribution < 1.29 is 4.79 Å². The molecule has 2 aromatic heterocycles.